The van der Waals surface area contributed by atoms with Gasteiger partial charge in [0.05, 0.1) is 12.7 Å². The molecule has 0 bridgehead atoms. The molecule has 0 radical (unpaired) electrons. The van der Waals surface area contributed by atoms with E-state index in [0.29, 0.717) is 17.4 Å². The first-order valence-corrected chi connectivity index (χ1v) is 7.90. The molecule has 3 nitrogen and oxygen atoms in total. The normalized spacial score (nSPS) is 14.8. The Kier molecular flexibility index (Phi) is 5.25. The molecule has 4 heteroatoms. The van der Waals surface area contributed by atoms with E-state index in [1.54, 1.807) is 7.11 Å². The van der Waals surface area contributed by atoms with Crippen molar-refractivity contribution in [2.24, 2.45) is 0 Å². The van der Waals surface area contributed by atoms with Crippen molar-refractivity contribution in [2.45, 2.75) is 31.7 Å². The SMILES string of the molecule is COc1ccccc1C(=O)N(CCCBr)C1CCC1. The summed E-state index contributed by atoms with van der Waals surface area (Å²) in [6, 6.07) is 7.88. The summed E-state index contributed by atoms with van der Waals surface area (Å²) in [6.07, 6.45) is 4.47. The second-order valence-corrected chi connectivity index (χ2v) is 5.62. The minimum Gasteiger partial charge on any atom is -0.496 e. The lowest BCUT2D eigenvalue weighted by Crippen LogP contribution is -2.44. The maximum atomic E-state index is 12.7. The van der Waals surface area contributed by atoms with E-state index in [1.807, 2.05) is 29.2 Å². The van der Waals surface area contributed by atoms with E-state index in [0.717, 1.165) is 31.1 Å². The van der Waals surface area contributed by atoms with Gasteiger partial charge in [-0.1, -0.05) is 28.1 Å². The molecule has 0 heterocycles. The number of nitrogens with zero attached hydrogens (tertiary/aromatic N) is 1. The number of carbonyl (C=O) groups excluding carboxylic acids is 1. The van der Waals surface area contributed by atoms with E-state index in [2.05, 4.69) is 15.9 Å². The molecule has 0 N–H and O–H groups in total. The molecule has 1 aliphatic carbocycles. The molecule has 1 aliphatic rings. The number of hydrogen-bond acceptors (Lipinski definition) is 2. The highest BCUT2D eigenvalue weighted by molar-refractivity contribution is 9.09. The van der Waals surface area contributed by atoms with Crippen LogP contribution in [0.1, 0.15) is 36.0 Å². The number of ether oxygens (including phenoxy) is 1. The molecular weight excluding hydrogens is 306 g/mol. The lowest BCUT2D eigenvalue weighted by atomic mass is 9.90. The molecule has 1 fully saturated rings. The Balaban J connectivity index is 2.17. The van der Waals surface area contributed by atoms with Gasteiger partial charge >= 0.3 is 0 Å². The van der Waals surface area contributed by atoms with Gasteiger partial charge in [-0.2, -0.15) is 0 Å². The Morgan fingerprint density at radius 2 is 2.16 bits per heavy atom. The number of methoxy groups -OCH3 is 1. The number of hydrogen-bond donors (Lipinski definition) is 0. The van der Waals surface area contributed by atoms with Gasteiger partial charge in [0.15, 0.2) is 0 Å². The summed E-state index contributed by atoms with van der Waals surface area (Å²) in [5.74, 6) is 0.763. The smallest absolute Gasteiger partial charge is 0.257 e. The molecule has 1 aromatic rings. The number of benzene rings is 1. The third kappa shape index (κ3) is 3.30. The predicted molar refractivity (Wildman–Crippen MR) is 80.1 cm³/mol. The third-order valence-electron chi connectivity index (χ3n) is 3.65. The van der Waals surface area contributed by atoms with Crippen LogP contribution in [0.2, 0.25) is 0 Å². The minimum absolute atomic E-state index is 0.100. The summed E-state index contributed by atoms with van der Waals surface area (Å²) in [5.41, 5.74) is 0.673. The molecule has 1 saturated carbocycles. The molecule has 104 valence electrons. The van der Waals surface area contributed by atoms with Crippen LogP contribution in [0, 0.1) is 0 Å². The summed E-state index contributed by atoms with van der Waals surface area (Å²) in [7, 11) is 1.61. The fourth-order valence-corrected chi connectivity index (χ4v) is 2.61. The van der Waals surface area contributed by atoms with Gasteiger partial charge < -0.3 is 9.64 Å². The second kappa shape index (κ2) is 6.94. The van der Waals surface area contributed by atoms with E-state index in [-0.39, 0.29) is 5.91 Å². The number of rotatable bonds is 6. The molecule has 0 atom stereocenters. The highest BCUT2D eigenvalue weighted by Crippen LogP contribution is 2.28. The first-order chi connectivity index (χ1) is 9.27. The van der Waals surface area contributed by atoms with Crippen molar-refractivity contribution in [2.75, 3.05) is 19.0 Å². The highest BCUT2D eigenvalue weighted by Gasteiger charge is 2.30. The van der Waals surface area contributed by atoms with Crippen LogP contribution in [0.15, 0.2) is 24.3 Å². The number of amides is 1. The zero-order chi connectivity index (χ0) is 13.7. The van der Waals surface area contributed by atoms with Crippen molar-refractivity contribution in [1.82, 2.24) is 4.90 Å². The third-order valence-corrected chi connectivity index (χ3v) is 4.21. The van der Waals surface area contributed by atoms with Crippen LogP contribution in [0.25, 0.3) is 0 Å². The average Bonchev–Trinajstić information content (AvgIpc) is 2.40. The van der Waals surface area contributed by atoms with Gasteiger partial charge in [0, 0.05) is 17.9 Å². The van der Waals surface area contributed by atoms with E-state index < -0.39 is 0 Å². The van der Waals surface area contributed by atoms with E-state index in [4.69, 9.17) is 4.74 Å². The molecule has 1 amide bonds. The molecular formula is C15H20BrNO2. The summed E-state index contributed by atoms with van der Waals surface area (Å²) in [6.45, 7) is 0.812. The Hall–Kier alpha value is -1.03. The number of carbonyl (C=O) groups is 1. The fourth-order valence-electron chi connectivity index (χ4n) is 2.35. The lowest BCUT2D eigenvalue weighted by Gasteiger charge is -2.37. The number of alkyl halides is 1. The van der Waals surface area contributed by atoms with Crippen molar-refractivity contribution in [3.8, 4) is 5.75 Å². The standard InChI is InChI=1S/C15H20BrNO2/c1-19-14-9-3-2-8-13(14)15(18)17(11-5-10-16)12-6-4-7-12/h2-3,8-9,12H,4-7,10-11H2,1H3. The van der Waals surface area contributed by atoms with E-state index in [1.165, 1.54) is 6.42 Å². The van der Waals surface area contributed by atoms with Crippen LogP contribution in [-0.2, 0) is 0 Å². The van der Waals surface area contributed by atoms with Crippen LogP contribution in [0.3, 0.4) is 0 Å². The maximum Gasteiger partial charge on any atom is 0.257 e. The van der Waals surface area contributed by atoms with Crippen LogP contribution in [0.5, 0.6) is 5.75 Å². The predicted octanol–water partition coefficient (Wildman–Crippen LogP) is 3.47. The fraction of sp³-hybridized carbons (Fsp3) is 0.533. The Morgan fingerprint density at radius 1 is 1.42 bits per heavy atom. The van der Waals surface area contributed by atoms with Crippen molar-refractivity contribution in [3.05, 3.63) is 29.8 Å². The zero-order valence-electron chi connectivity index (χ0n) is 11.3. The molecule has 0 unspecified atom stereocenters. The lowest BCUT2D eigenvalue weighted by molar-refractivity contribution is 0.0578. The van der Waals surface area contributed by atoms with Crippen LogP contribution >= 0.6 is 15.9 Å². The minimum atomic E-state index is 0.100. The summed E-state index contributed by atoms with van der Waals surface area (Å²) < 4.78 is 5.30. The van der Waals surface area contributed by atoms with E-state index >= 15 is 0 Å². The van der Waals surface area contributed by atoms with Gasteiger partial charge in [-0.3, -0.25) is 4.79 Å². The molecule has 0 saturated heterocycles. The first-order valence-electron chi connectivity index (χ1n) is 6.78. The maximum absolute atomic E-state index is 12.7. The molecule has 0 aromatic heterocycles. The monoisotopic (exact) mass is 325 g/mol. The topological polar surface area (TPSA) is 29.5 Å². The van der Waals surface area contributed by atoms with Crippen LogP contribution in [-0.4, -0.2) is 35.8 Å². The summed E-state index contributed by atoms with van der Waals surface area (Å²) in [5, 5.41) is 0.926. The molecule has 0 aliphatic heterocycles. The Labute approximate surface area is 123 Å². The largest absolute Gasteiger partial charge is 0.496 e. The molecule has 2 rings (SSSR count). The molecule has 0 spiro atoms. The summed E-state index contributed by atoms with van der Waals surface area (Å²) in [4.78, 5) is 14.7. The van der Waals surface area contributed by atoms with Crippen molar-refractivity contribution in [1.29, 1.82) is 0 Å². The van der Waals surface area contributed by atoms with Crippen molar-refractivity contribution < 1.29 is 9.53 Å². The zero-order valence-corrected chi connectivity index (χ0v) is 12.9. The Morgan fingerprint density at radius 3 is 2.74 bits per heavy atom. The van der Waals surface area contributed by atoms with Gasteiger partial charge in [0.1, 0.15) is 5.75 Å². The van der Waals surface area contributed by atoms with Gasteiger partial charge in [-0.05, 0) is 37.8 Å². The van der Waals surface area contributed by atoms with Crippen molar-refractivity contribution in [3.63, 3.8) is 0 Å². The van der Waals surface area contributed by atoms with Gasteiger partial charge in [-0.25, -0.2) is 0 Å². The van der Waals surface area contributed by atoms with Gasteiger partial charge in [0.2, 0.25) is 0 Å². The highest BCUT2D eigenvalue weighted by atomic mass is 79.9. The second-order valence-electron chi connectivity index (χ2n) is 4.83. The number of para-hydroxylation sites is 1. The van der Waals surface area contributed by atoms with Crippen LogP contribution in [0.4, 0.5) is 0 Å². The number of halogens is 1. The summed E-state index contributed by atoms with van der Waals surface area (Å²) >= 11 is 3.44. The first kappa shape index (κ1) is 14.4. The van der Waals surface area contributed by atoms with Gasteiger partial charge in [0.25, 0.3) is 5.91 Å². The molecule has 1 aromatic carbocycles. The molecule has 19 heavy (non-hydrogen) atoms. The average molecular weight is 326 g/mol. The van der Waals surface area contributed by atoms with E-state index in [9.17, 15) is 4.79 Å². The Bertz CT molecular complexity index is 432. The quantitative estimate of drug-likeness (QED) is 0.749. The van der Waals surface area contributed by atoms with Crippen LogP contribution < -0.4 is 4.74 Å². The van der Waals surface area contributed by atoms with Gasteiger partial charge in [-0.15, -0.1) is 0 Å². The van der Waals surface area contributed by atoms with Crippen molar-refractivity contribution >= 4 is 21.8 Å².